The van der Waals surface area contributed by atoms with Crippen LogP contribution in [0.4, 0.5) is 19.3 Å². The number of carbonyl (C=O) groups excluding carboxylic acids is 2. The van der Waals surface area contributed by atoms with Crippen molar-refractivity contribution >= 4 is 17.7 Å². The maximum atomic E-state index is 13.1. The Labute approximate surface area is 107 Å². The standard InChI is InChI=1S/C12H11F2NO4/c1-12(10(16)18-2)6-15(11(17)19-12)9-4-7(13)3-8(14)5-9/h3-5H,6H2,1-2H3. The number of methoxy groups -OCH3 is 1. The lowest BCUT2D eigenvalue weighted by molar-refractivity contribution is -0.156. The van der Waals surface area contributed by atoms with Gasteiger partial charge in [-0.3, -0.25) is 4.90 Å². The van der Waals surface area contributed by atoms with Crippen molar-refractivity contribution in [1.29, 1.82) is 0 Å². The number of carbonyl (C=O) groups is 2. The Bertz CT molecular complexity index is 528. The van der Waals surface area contributed by atoms with Crippen LogP contribution in [0.15, 0.2) is 18.2 Å². The third kappa shape index (κ3) is 2.35. The van der Waals surface area contributed by atoms with Gasteiger partial charge in [-0.25, -0.2) is 18.4 Å². The van der Waals surface area contributed by atoms with Crippen LogP contribution in [-0.2, 0) is 14.3 Å². The van der Waals surface area contributed by atoms with Crippen LogP contribution in [0.2, 0.25) is 0 Å². The Morgan fingerprint density at radius 3 is 2.47 bits per heavy atom. The summed E-state index contributed by atoms with van der Waals surface area (Å²) in [6, 6.07) is 2.64. The normalized spacial score (nSPS) is 22.3. The molecule has 1 aromatic rings. The van der Waals surface area contributed by atoms with Crippen LogP contribution in [0.3, 0.4) is 0 Å². The molecule has 5 nitrogen and oxygen atoms in total. The molecule has 0 aliphatic carbocycles. The zero-order chi connectivity index (χ0) is 14.2. The molecular formula is C12H11F2NO4. The van der Waals surface area contributed by atoms with E-state index in [-0.39, 0.29) is 12.2 Å². The lowest BCUT2D eigenvalue weighted by atomic mass is 10.1. The first-order chi connectivity index (χ1) is 8.85. The minimum atomic E-state index is -1.49. The summed E-state index contributed by atoms with van der Waals surface area (Å²) in [7, 11) is 1.16. The first-order valence-corrected chi connectivity index (χ1v) is 5.41. The summed E-state index contributed by atoms with van der Waals surface area (Å²) in [5.74, 6) is -2.39. The van der Waals surface area contributed by atoms with Crippen molar-refractivity contribution in [1.82, 2.24) is 0 Å². The average molecular weight is 271 g/mol. The van der Waals surface area contributed by atoms with E-state index in [1.807, 2.05) is 0 Å². The number of halogens is 2. The molecule has 1 unspecified atom stereocenters. The van der Waals surface area contributed by atoms with Gasteiger partial charge in [-0.05, 0) is 19.1 Å². The lowest BCUT2D eigenvalue weighted by Gasteiger charge is -2.18. The van der Waals surface area contributed by atoms with Gasteiger partial charge in [-0.15, -0.1) is 0 Å². The van der Waals surface area contributed by atoms with E-state index in [9.17, 15) is 18.4 Å². The molecule has 0 saturated carbocycles. The smallest absolute Gasteiger partial charge is 0.415 e. The van der Waals surface area contributed by atoms with Gasteiger partial charge in [0.05, 0.1) is 19.3 Å². The highest BCUT2D eigenvalue weighted by Gasteiger charge is 2.49. The number of anilines is 1. The largest absolute Gasteiger partial charge is 0.466 e. The molecule has 1 aliphatic rings. The summed E-state index contributed by atoms with van der Waals surface area (Å²) in [5, 5.41) is 0. The van der Waals surface area contributed by atoms with Crippen LogP contribution in [-0.4, -0.2) is 31.3 Å². The van der Waals surface area contributed by atoms with Gasteiger partial charge in [-0.2, -0.15) is 0 Å². The van der Waals surface area contributed by atoms with Gasteiger partial charge in [0, 0.05) is 6.07 Å². The molecule has 0 N–H and O–H groups in total. The number of nitrogens with zero attached hydrogens (tertiary/aromatic N) is 1. The predicted molar refractivity (Wildman–Crippen MR) is 60.6 cm³/mol. The summed E-state index contributed by atoms with van der Waals surface area (Å²) in [5.41, 5.74) is -1.51. The molecule has 0 spiro atoms. The number of hydrogen-bond donors (Lipinski definition) is 0. The maximum absolute atomic E-state index is 13.1. The molecule has 1 amide bonds. The average Bonchev–Trinajstić information content (AvgIpc) is 2.64. The fourth-order valence-electron chi connectivity index (χ4n) is 1.86. The zero-order valence-corrected chi connectivity index (χ0v) is 10.3. The van der Waals surface area contributed by atoms with Crippen molar-refractivity contribution in [2.45, 2.75) is 12.5 Å². The van der Waals surface area contributed by atoms with E-state index >= 15 is 0 Å². The molecule has 1 aliphatic heterocycles. The Balaban J connectivity index is 2.32. The van der Waals surface area contributed by atoms with Crippen LogP contribution in [0.25, 0.3) is 0 Å². The number of benzene rings is 1. The fraction of sp³-hybridized carbons (Fsp3) is 0.333. The highest BCUT2D eigenvalue weighted by Crippen LogP contribution is 2.29. The third-order valence-electron chi connectivity index (χ3n) is 2.77. The third-order valence-corrected chi connectivity index (χ3v) is 2.77. The van der Waals surface area contributed by atoms with E-state index in [1.54, 1.807) is 0 Å². The Hall–Kier alpha value is -2.18. The van der Waals surface area contributed by atoms with E-state index in [1.165, 1.54) is 6.92 Å². The van der Waals surface area contributed by atoms with Crippen LogP contribution in [0.1, 0.15) is 6.92 Å². The van der Waals surface area contributed by atoms with Gasteiger partial charge in [0.15, 0.2) is 0 Å². The lowest BCUT2D eigenvalue weighted by Crippen LogP contribution is -2.40. The number of rotatable bonds is 2. The molecule has 0 radical (unpaired) electrons. The molecule has 1 saturated heterocycles. The van der Waals surface area contributed by atoms with Crippen molar-refractivity contribution in [2.75, 3.05) is 18.6 Å². The van der Waals surface area contributed by atoms with Gasteiger partial charge < -0.3 is 9.47 Å². The van der Waals surface area contributed by atoms with E-state index in [4.69, 9.17) is 4.74 Å². The number of hydrogen-bond acceptors (Lipinski definition) is 4. The number of esters is 1. The number of ether oxygens (including phenoxy) is 2. The highest BCUT2D eigenvalue weighted by molar-refractivity contribution is 5.96. The first kappa shape index (κ1) is 13.3. The minimum absolute atomic E-state index is 0.0184. The second-order valence-electron chi connectivity index (χ2n) is 4.30. The van der Waals surface area contributed by atoms with Gasteiger partial charge in [0.2, 0.25) is 5.60 Å². The van der Waals surface area contributed by atoms with Gasteiger partial charge in [0.1, 0.15) is 11.6 Å². The van der Waals surface area contributed by atoms with E-state index in [0.29, 0.717) is 6.07 Å². The second kappa shape index (κ2) is 4.49. The predicted octanol–water partition coefficient (Wildman–Crippen LogP) is 1.85. The molecule has 7 heteroatoms. The Morgan fingerprint density at radius 1 is 1.37 bits per heavy atom. The first-order valence-electron chi connectivity index (χ1n) is 5.41. The quantitative estimate of drug-likeness (QED) is 0.770. The van der Waals surface area contributed by atoms with Gasteiger partial charge >= 0.3 is 12.1 Å². The van der Waals surface area contributed by atoms with Crippen molar-refractivity contribution in [3.63, 3.8) is 0 Å². The van der Waals surface area contributed by atoms with Crippen molar-refractivity contribution in [3.8, 4) is 0 Å². The van der Waals surface area contributed by atoms with Crippen LogP contribution in [0, 0.1) is 11.6 Å². The SMILES string of the molecule is COC(=O)C1(C)CN(c2cc(F)cc(F)c2)C(=O)O1. The molecule has 1 heterocycles. The molecule has 102 valence electrons. The van der Waals surface area contributed by atoms with E-state index in [0.717, 1.165) is 24.1 Å². The molecule has 1 atom stereocenters. The summed E-state index contributed by atoms with van der Waals surface area (Å²) in [6.07, 6.45) is -0.863. The molecule has 1 aromatic carbocycles. The Morgan fingerprint density at radius 2 is 1.95 bits per heavy atom. The molecular weight excluding hydrogens is 260 g/mol. The van der Waals surface area contributed by atoms with E-state index < -0.39 is 29.3 Å². The van der Waals surface area contributed by atoms with Gasteiger partial charge in [0.25, 0.3) is 0 Å². The Kier molecular flexibility index (Phi) is 3.13. The molecule has 19 heavy (non-hydrogen) atoms. The van der Waals surface area contributed by atoms with Crippen molar-refractivity contribution in [2.24, 2.45) is 0 Å². The number of cyclic esters (lactones) is 1. The van der Waals surface area contributed by atoms with Gasteiger partial charge in [-0.1, -0.05) is 0 Å². The zero-order valence-electron chi connectivity index (χ0n) is 10.3. The second-order valence-corrected chi connectivity index (χ2v) is 4.30. The summed E-state index contributed by atoms with van der Waals surface area (Å²) in [4.78, 5) is 24.2. The molecule has 0 aromatic heterocycles. The van der Waals surface area contributed by atoms with Crippen molar-refractivity contribution < 1.29 is 27.8 Å². The van der Waals surface area contributed by atoms with Crippen LogP contribution >= 0.6 is 0 Å². The molecule has 2 rings (SSSR count). The summed E-state index contributed by atoms with van der Waals surface area (Å²) in [6.45, 7) is 1.19. The maximum Gasteiger partial charge on any atom is 0.415 e. The summed E-state index contributed by atoms with van der Waals surface area (Å²) >= 11 is 0. The monoisotopic (exact) mass is 271 g/mol. The van der Waals surface area contributed by atoms with Crippen LogP contribution < -0.4 is 4.90 Å². The van der Waals surface area contributed by atoms with Crippen LogP contribution in [0.5, 0.6) is 0 Å². The minimum Gasteiger partial charge on any atom is -0.466 e. The number of amides is 1. The van der Waals surface area contributed by atoms with E-state index in [2.05, 4.69) is 4.74 Å². The summed E-state index contributed by atoms with van der Waals surface area (Å²) < 4.78 is 35.7. The van der Waals surface area contributed by atoms with Crippen molar-refractivity contribution in [3.05, 3.63) is 29.8 Å². The fourth-order valence-corrected chi connectivity index (χ4v) is 1.86. The highest BCUT2D eigenvalue weighted by atomic mass is 19.1. The molecule has 0 bridgehead atoms. The topological polar surface area (TPSA) is 55.8 Å². The molecule has 1 fully saturated rings.